The number of amides is 1. The highest BCUT2D eigenvalue weighted by Gasteiger charge is 1.99. The van der Waals surface area contributed by atoms with Gasteiger partial charge in [0, 0.05) is 6.20 Å². The lowest BCUT2D eigenvalue weighted by atomic mass is 10.2. The van der Waals surface area contributed by atoms with E-state index >= 15 is 0 Å². The van der Waals surface area contributed by atoms with E-state index in [-0.39, 0.29) is 0 Å². The van der Waals surface area contributed by atoms with E-state index in [4.69, 9.17) is 10.8 Å². The van der Waals surface area contributed by atoms with Gasteiger partial charge in [-0.3, -0.25) is 5.32 Å². The minimum Gasteiger partial charge on any atom is -0.465 e. The number of hydrogen-bond donors (Lipinski definition) is 3. The van der Waals surface area contributed by atoms with E-state index in [0.717, 1.165) is 12.0 Å². The maximum absolute atomic E-state index is 10.3. The van der Waals surface area contributed by atoms with Crippen LogP contribution in [0.3, 0.4) is 0 Å². The summed E-state index contributed by atoms with van der Waals surface area (Å²) in [6.07, 6.45) is 1.16. The van der Waals surface area contributed by atoms with Crippen LogP contribution in [0.5, 0.6) is 0 Å². The van der Waals surface area contributed by atoms with Gasteiger partial charge < -0.3 is 10.8 Å². The quantitative estimate of drug-likeness (QED) is 0.639. The van der Waals surface area contributed by atoms with Crippen LogP contribution in [0.15, 0.2) is 18.3 Å². The standard InChI is InChI=1S/C8H11N3O2/c9-3-1-6-2-4-10-7(5-6)11-8(12)13/h2,4-5H,1,3,9H2,(H,10,11)(H,12,13). The lowest BCUT2D eigenvalue weighted by Gasteiger charge is -2.02. The SMILES string of the molecule is NCCc1ccnc(NC(=O)O)c1. The number of aromatic nitrogens is 1. The molecule has 0 bridgehead atoms. The molecule has 4 N–H and O–H groups in total. The Morgan fingerprint density at radius 2 is 2.46 bits per heavy atom. The van der Waals surface area contributed by atoms with Gasteiger partial charge in [0.1, 0.15) is 5.82 Å². The fourth-order valence-electron chi connectivity index (χ4n) is 0.974. The van der Waals surface area contributed by atoms with E-state index in [1.807, 2.05) is 0 Å². The Kier molecular flexibility index (Phi) is 3.22. The van der Waals surface area contributed by atoms with E-state index in [2.05, 4.69) is 10.3 Å². The number of rotatable bonds is 3. The van der Waals surface area contributed by atoms with Gasteiger partial charge in [-0.15, -0.1) is 0 Å². The lowest BCUT2D eigenvalue weighted by Crippen LogP contribution is -2.09. The lowest BCUT2D eigenvalue weighted by molar-refractivity contribution is 0.209. The molecule has 13 heavy (non-hydrogen) atoms. The normalized spacial score (nSPS) is 9.62. The Bertz CT molecular complexity index is 301. The van der Waals surface area contributed by atoms with Crippen molar-refractivity contribution in [2.75, 3.05) is 11.9 Å². The number of anilines is 1. The van der Waals surface area contributed by atoms with Gasteiger partial charge in [-0.05, 0) is 30.7 Å². The molecule has 0 atom stereocenters. The van der Waals surface area contributed by atoms with Crippen molar-refractivity contribution in [3.8, 4) is 0 Å². The Labute approximate surface area is 75.6 Å². The maximum Gasteiger partial charge on any atom is 0.410 e. The van der Waals surface area contributed by atoms with Crippen molar-refractivity contribution in [2.24, 2.45) is 5.73 Å². The van der Waals surface area contributed by atoms with Crippen LogP contribution in [0.2, 0.25) is 0 Å². The number of carboxylic acid groups (broad SMARTS) is 1. The van der Waals surface area contributed by atoms with E-state index in [1.165, 1.54) is 0 Å². The molecule has 0 aromatic carbocycles. The Morgan fingerprint density at radius 1 is 1.69 bits per heavy atom. The van der Waals surface area contributed by atoms with Gasteiger partial charge in [0.15, 0.2) is 0 Å². The number of carbonyl (C=O) groups is 1. The molecule has 0 unspecified atom stereocenters. The Balaban J connectivity index is 2.73. The monoisotopic (exact) mass is 181 g/mol. The number of nitrogens with two attached hydrogens (primary N) is 1. The van der Waals surface area contributed by atoms with E-state index in [1.54, 1.807) is 18.3 Å². The first-order chi connectivity index (χ1) is 6.22. The fourth-order valence-corrected chi connectivity index (χ4v) is 0.974. The second-order valence-electron chi connectivity index (χ2n) is 2.52. The van der Waals surface area contributed by atoms with Crippen molar-refractivity contribution < 1.29 is 9.90 Å². The maximum atomic E-state index is 10.3. The molecule has 0 radical (unpaired) electrons. The second-order valence-corrected chi connectivity index (χ2v) is 2.52. The molecule has 0 saturated carbocycles. The number of nitrogens with one attached hydrogen (secondary N) is 1. The van der Waals surface area contributed by atoms with Crippen LogP contribution >= 0.6 is 0 Å². The summed E-state index contributed by atoms with van der Waals surface area (Å²) in [6.45, 7) is 0.538. The third-order valence-corrected chi connectivity index (χ3v) is 1.49. The zero-order chi connectivity index (χ0) is 9.68. The highest BCUT2D eigenvalue weighted by molar-refractivity contribution is 5.81. The summed E-state index contributed by atoms with van der Waals surface area (Å²) >= 11 is 0. The molecule has 1 aromatic heterocycles. The summed E-state index contributed by atoms with van der Waals surface area (Å²) < 4.78 is 0. The minimum atomic E-state index is -1.11. The number of pyridine rings is 1. The predicted molar refractivity (Wildman–Crippen MR) is 48.6 cm³/mol. The molecule has 5 heteroatoms. The molecular weight excluding hydrogens is 170 g/mol. The highest BCUT2D eigenvalue weighted by Crippen LogP contribution is 2.06. The third-order valence-electron chi connectivity index (χ3n) is 1.49. The summed E-state index contributed by atoms with van der Waals surface area (Å²) in [5.41, 5.74) is 6.33. The average Bonchev–Trinajstić information content (AvgIpc) is 2.04. The molecule has 0 spiro atoms. The summed E-state index contributed by atoms with van der Waals surface area (Å²) in [7, 11) is 0. The molecule has 0 aliphatic heterocycles. The van der Waals surface area contributed by atoms with Gasteiger partial charge in [0.05, 0.1) is 0 Å². The van der Waals surface area contributed by atoms with E-state index < -0.39 is 6.09 Å². The van der Waals surface area contributed by atoms with Crippen LogP contribution in [0, 0.1) is 0 Å². The van der Waals surface area contributed by atoms with Gasteiger partial charge >= 0.3 is 6.09 Å². The molecule has 1 rings (SSSR count). The summed E-state index contributed by atoms with van der Waals surface area (Å²) in [5, 5.41) is 10.6. The van der Waals surface area contributed by atoms with Crippen LogP contribution in [0.4, 0.5) is 10.6 Å². The van der Waals surface area contributed by atoms with Crippen LogP contribution in [-0.4, -0.2) is 22.7 Å². The van der Waals surface area contributed by atoms with Crippen LogP contribution < -0.4 is 11.1 Å². The molecule has 0 aliphatic rings. The third kappa shape index (κ3) is 3.08. The topological polar surface area (TPSA) is 88.2 Å². The van der Waals surface area contributed by atoms with Gasteiger partial charge in [0.25, 0.3) is 0 Å². The second kappa shape index (κ2) is 4.42. The zero-order valence-corrected chi connectivity index (χ0v) is 7.03. The predicted octanol–water partition coefficient (Wildman–Crippen LogP) is 0.673. The van der Waals surface area contributed by atoms with Crippen molar-refractivity contribution in [2.45, 2.75) is 6.42 Å². The summed E-state index contributed by atoms with van der Waals surface area (Å²) in [5.74, 6) is 0.332. The molecule has 1 aromatic rings. The Hall–Kier alpha value is -1.62. The number of hydrogen-bond acceptors (Lipinski definition) is 3. The molecule has 70 valence electrons. The van der Waals surface area contributed by atoms with Crippen molar-refractivity contribution >= 4 is 11.9 Å². The van der Waals surface area contributed by atoms with Crippen LogP contribution in [-0.2, 0) is 6.42 Å². The van der Waals surface area contributed by atoms with Crippen molar-refractivity contribution in [1.29, 1.82) is 0 Å². The van der Waals surface area contributed by atoms with Crippen molar-refractivity contribution in [1.82, 2.24) is 4.98 Å². The Morgan fingerprint density at radius 3 is 3.08 bits per heavy atom. The largest absolute Gasteiger partial charge is 0.465 e. The molecule has 0 aliphatic carbocycles. The van der Waals surface area contributed by atoms with Gasteiger partial charge in [-0.2, -0.15) is 0 Å². The average molecular weight is 181 g/mol. The van der Waals surface area contributed by atoms with Crippen LogP contribution in [0.1, 0.15) is 5.56 Å². The first kappa shape index (κ1) is 9.47. The van der Waals surface area contributed by atoms with Gasteiger partial charge in [0.2, 0.25) is 0 Å². The van der Waals surface area contributed by atoms with Gasteiger partial charge in [-0.25, -0.2) is 9.78 Å². The first-order valence-electron chi connectivity index (χ1n) is 3.87. The fraction of sp³-hybridized carbons (Fsp3) is 0.250. The van der Waals surface area contributed by atoms with Crippen molar-refractivity contribution in [3.05, 3.63) is 23.9 Å². The molecule has 0 fully saturated rings. The number of nitrogens with zero attached hydrogens (tertiary/aromatic N) is 1. The first-order valence-corrected chi connectivity index (χ1v) is 3.87. The molecular formula is C8H11N3O2. The molecule has 5 nitrogen and oxygen atoms in total. The molecule has 0 saturated heterocycles. The molecule has 1 amide bonds. The highest BCUT2D eigenvalue weighted by atomic mass is 16.4. The minimum absolute atomic E-state index is 0.332. The van der Waals surface area contributed by atoms with E-state index in [0.29, 0.717) is 12.4 Å². The summed E-state index contributed by atoms with van der Waals surface area (Å²) in [6, 6.07) is 3.47. The zero-order valence-electron chi connectivity index (χ0n) is 7.03. The van der Waals surface area contributed by atoms with E-state index in [9.17, 15) is 4.79 Å². The molecule has 1 heterocycles. The van der Waals surface area contributed by atoms with Crippen LogP contribution in [0.25, 0.3) is 0 Å². The van der Waals surface area contributed by atoms with Crippen molar-refractivity contribution in [3.63, 3.8) is 0 Å². The van der Waals surface area contributed by atoms with Gasteiger partial charge in [-0.1, -0.05) is 0 Å². The smallest absolute Gasteiger partial charge is 0.410 e. The summed E-state index contributed by atoms with van der Waals surface area (Å²) in [4.78, 5) is 14.1.